The number of benzene rings is 2. The molecule has 154 valence electrons. The van der Waals surface area contributed by atoms with Gasteiger partial charge in [0.15, 0.2) is 16.8 Å². The molecule has 30 heavy (non-hydrogen) atoms. The molecule has 0 amide bonds. The van der Waals surface area contributed by atoms with Crippen LogP contribution < -0.4 is 0 Å². The van der Waals surface area contributed by atoms with Crippen LogP contribution in [-0.4, -0.2) is 24.9 Å². The van der Waals surface area contributed by atoms with E-state index in [0.717, 1.165) is 18.4 Å². The van der Waals surface area contributed by atoms with Crippen molar-refractivity contribution in [3.05, 3.63) is 77.7 Å². The average molecular weight is 424 g/mol. The first-order valence-electron chi connectivity index (χ1n) is 9.87. The largest absolute Gasteiger partial charge is 0.338 e. The van der Waals surface area contributed by atoms with Gasteiger partial charge in [-0.15, -0.1) is 10.2 Å². The molecule has 0 aliphatic rings. The second kappa shape index (κ2) is 9.21. The van der Waals surface area contributed by atoms with E-state index in [1.54, 1.807) is 18.2 Å². The first kappa shape index (κ1) is 20.3. The first-order chi connectivity index (χ1) is 14.7. The summed E-state index contributed by atoms with van der Waals surface area (Å²) in [6, 6.07) is 16.6. The van der Waals surface area contributed by atoms with Gasteiger partial charge in [0.25, 0.3) is 0 Å². The third kappa shape index (κ3) is 4.43. The molecular formula is C22H22FN5OS. The Kier molecular flexibility index (Phi) is 6.23. The van der Waals surface area contributed by atoms with Crippen LogP contribution in [0, 0.1) is 5.82 Å². The van der Waals surface area contributed by atoms with E-state index in [2.05, 4.69) is 27.3 Å². The van der Waals surface area contributed by atoms with Gasteiger partial charge in [0.1, 0.15) is 5.82 Å². The van der Waals surface area contributed by atoms with Gasteiger partial charge in [-0.3, -0.25) is 4.57 Å². The number of aryl methyl sites for hydroxylation is 1. The molecule has 0 aliphatic heterocycles. The van der Waals surface area contributed by atoms with E-state index in [-0.39, 0.29) is 11.1 Å². The predicted octanol–water partition coefficient (Wildman–Crippen LogP) is 5.32. The molecule has 1 atom stereocenters. The second-order valence-corrected chi connectivity index (χ2v) is 8.22. The molecule has 0 bridgehead atoms. The molecule has 0 saturated carbocycles. The topological polar surface area (TPSA) is 69.6 Å². The molecule has 0 aliphatic carbocycles. The molecule has 1 unspecified atom stereocenters. The standard InChI is InChI=1S/C22H22FN5OS/c1-3-9-19-24-21(29-27-19)15(2)30-22-26-25-20(17-12-7-8-13-18(17)23)28(22)14-16-10-5-4-6-11-16/h4-8,10-13,15H,3,9,14H2,1-2H3. The van der Waals surface area contributed by atoms with Crippen molar-refractivity contribution in [1.82, 2.24) is 24.9 Å². The normalized spacial score (nSPS) is 12.2. The monoisotopic (exact) mass is 423 g/mol. The van der Waals surface area contributed by atoms with Crippen molar-refractivity contribution >= 4 is 11.8 Å². The Morgan fingerprint density at radius 3 is 2.60 bits per heavy atom. The number of halogens is 1. The number of thioether (sulfide) groups is 1. The van der Waals surface area contributed by atoms with Crippen molar-refractivity contribution < 1.29 is 8.91 Å². The quantitative estimate of drug-likeness (QED) is 0.357. The smallest absolute Gasteiger partial charge is 0.239 e. The molecular weight excluding hydrogens is 401 g/mol. The summed E-state index contributed by atoms with van der Waals surface area (Å²) in [5.74, 6) is 1.41. The third-order valence-electron chi connectivity index (χ3n) is 4.60. The lowest BCUT2D eigenvalue weighted by Crippen LogP contribution is -2.05. The number of rotatable bonds is 8. The van der Waals surface area contributed by atoms with E-state index in [4.69, 9.17) is 4.52 Å². The lowest BCUT2D eigenvalue weighted by atomic mass is 10.2. The summed E-state index contributed by atoms with van der Waals surface area (Å²) in [4.78, 5) is 4.47. The predicted molar refractivity (Wildman–Crippen MR) is 114 cm³/mol. The fourth-order valence-corrected chi connectivity index (χ4v) is 3.97. The fraction of sp³-hybridized carbons (Fsp3) is 0.273. The lowest BCUT2D eigenvalue weighted by Gasteiger charge is -2.12. The zero-order valence-electron chi connectivity index (χ0n) is 16.8. The van der Waals surface area contributed by atoms with Crippen LogP contribution >= 0.6 is 11.8 Å². The Labute approximate surface area is 178 Å². The highest BCUT2D eigenvalue weighted by molar-refractivity contribution is 7.99. The molecule has 0 N–H and O–H groups in total. The van der Waals surface area contributed by atoms with Crippen molar-refractivity contribution in [2.45, 2.75) is 43.6 Å². The van der Waals surface area contributed by atoms with Gasteiger partial charge >= 0.3 is 0 Å². The van der Waals surface area contributed by atoms with Crippen LogP contribution in [0.5, 0.6) is 0 Å². The summed E-state index contributed by atoms with van der Waals surface area (Å²) < 4.78 is 21.8. The summed E-state index contributed by atoms with van der Waals surface area (Å²) in [6.07, 6.45) is 1.74. The minimum atomic E-state index is -0.329. The Hall–Kier alpha value is -3.00. The lowest BCUT2D eigenvalue weighted by molar-refractivity contribution is 0.374. The summed E-state index contributed by atoms with van der Waals surface area (Å²) in [6.45, 7) is 4.58. The fourth-order valence-electron chi connectivity index (χ4n) is 3.09. The van der Waals surface area contributed by atoms with E-state index >= 15 is 0 Å². The highest BCUT2D eigenvalue weighted by Crippen LogP contribution is 2.35. The number of hydrogen-bond donors (Lipinski definition) is 0. The summed E-state index contributed by atoms with van der Waals surface area (Å²) >= 11 is 1.47. The van der Waals surface area contributed by atoms with Gasteiger partial charge in [-0.2, -0.15) is 4.98 Å². The SMILES string of the molecule is CCCc1noc(C(C)Sc2nnc(-c3ccccc3F)n2Cc2ccccc2)n1. The average Bonchev–Trinajstić information content (AvgIpc) is 3.37. The highest BCUT2D eigenvalue weighted by atomic mass is 32.2. The van der Waals surface area contributed by atoms with Crippen molar-refractivity contribution in [3.63, 3.8) is 0 Å². The minimum Gasteiger partial charge on any atom is -0.338 e. The van der Waals surface area contributed by atoms with E-state index < -0.39 is 0 Å². The van der Waals surface area contributed by atoms with Crippen LogP contribution in [0.1, 0.15) is 42.8 Å². The number of aromatic nitrogens is 5. The van der Waals surface area contributed by atoms with Gasteiger partial charge in [0.05, 0.1) is 17.4 Å². The van der Waals surface area contributed by atoms with Crippen LogP contribution in [0.3, 0.4) is 0 Å². The Bertz CT molecular complexity index is 1110. The van der Waals surface area contributed by atoms with Gasteiger partial charge in [-0.1, -0.05) is 66.3 Å². The first-order valence-corrected chi connectivity index (χ1v) is 10.7. The molecule has 2 heterocycles. The molecule has 4 aromatic rings. The maximum absolute atomic E-state index is 14.5. The van der Waals surface area contributed by atoms with Crippen LogP contribution in [0.15, 0.2) is 64.3 Å². The Morgan fingerprint density at radius 1 is 1.07 bits per heavy atom. The number of nitrogens with zero attached hydrogens (tertiary/aromatic N) is 5. The van der Waals surface area contributed by atoms with E-state index in [9.17, 15) is 4.39 Å². The van der Waals surface area contributed by atoms with Gasteiger partial charge in [-0.05, 0) is 31.0 Å². The van der Waals surface area contributed by atoms with E-state index in [0.29, 0.717) is 34.8 Å². The molecule has 0 spiro atoms. The molecule has 8 heteroatoms. The molecule has 2 aromatic carbocycles. The van der Waals surface area contributed by atoms with Gasteiger partial charge in [0, 0.05) is 6.42 Å². The Balaban J connectivity index is 1.67. The van der Waals surface area contributed by atoms with E-state index in [1.807, 2.05) is 41.8 Å². The summed E-state index contributed by atoms with van der Waals surface area (Å²) in [5.41, 5.74) is 1.50. The van der Waals surface area contributed by atoms with Crippen LogP contribution in [0.4, 0.5) is 4.39 Å². The van der Waals surface area contributed by atoms with Crippen LogP contribution in [0.25, 0.3) is 11.4 Å². The molecule has 0 saturated heterocycles. The number of hydrogen-bond acceptors (Lipinski definition) is 6. The summed E-state index contributed by atoms with van der Waals surface area (Å²) in [5, 5.41) is 13.3. The highest BCUT2D eigenvalue weighted by Gasteiger charge is 2.22. The zero-order chi connectivity index (χ0) is 20.9. The zero-order valence-corrected chi connectivity index (χ0v) is 17.6. The van der Waals surface area contributed by atoms with Gasteiger partial charge in [-0.25, -0.2) is 4.39 Å². The van der Waals surface area contributed by atoms with Gasteiger partial charge in [0.2, 0.25) is 5.89 Å². The van der Waals surface area contributed by atoms with Crippen molar-refractivity contribution in [2.24, 2.45) is 0 Å². The van der Waals surface area contributed by atoms with Crippen LogP contribution in [-0.2, 0) is 13.0 Å². The minimum absolute atomic E-state index is 0.115. The van der Waals surface area contributed by atoms with Crippen molar-refractivity contribution in [1.29, 1.82) is 0 Å². The summed E-state index contributed by atoms with van der Waals surface area (Å²) in [7, 11) is 0. The maximum Gasteiger partial charge on any atom is 0.239 e. The molecule has 6 nitrogen and oxygen atoms in total. The van der Waals surface area contributed by atoms with Gasteiger partial charge < -0.3 is 4.52 Å². The maximum atomic E-state index is 14.5. The molecule has 2 aromatic heterocycles. The van der Waals surface area contributed by atoms with Crippen molar-refractivity contribution in [2.75, 3.05) is 0 Å². The second-order valence-electron chi connectivity index (χ2n) is 6.92. The molecule has 4 rings (SSSR count). The van der Waals surface area contributed by atoms with E-state index in [1.165, 1.54) is 17.8 Å². The van der Waals surface area contributed by atoms with Crippen molar-refractivity contribution in [3.8, 4) is 11.4 Å². The van der Waals surface area contributed by atoms with Crippen LogP contribution in [0.2, 0.25) is 0 Å². The molecule has 0 fully saturated rings. The molecule has 0 radical (unpaired) electrons. The third-order valence-corrected chi connectivity index (χ3v) is 5.67. The Morgan fingerprint density at radius 2 is 1.83 bits per heavy atom.